The Labute approximate surface area is 163 Å². The summed E-state index contributed by atoms with van der Waals surface area (Å²) in [5.41, 5.74) is 0.400. The minimum absolute atomic E-state index is 0.0936. The molecule has 0 aromatic carbocycles. The van der Waals surface area contributed by atoms with Gasteiger partial charge in [-0.2, -0.15) is 0 Å². The van der Waals surface area contributed by atoms with Crippen molar-refractivity contribution in [3.63, 3.8) is 0 Å². The maximum Gasteiger partial charge on any atom is 0.349 e. The van der Waals surface area contributed by atoms with Crippen molar-refractivity contribution in [2.45, 2.75) is 13.8 Å². The fourth-order valence-corrected chi connectivity index (χ4v) is 4.17. The van der Waals surface area contributed by atoms with Crippen LogP contribution in [0.1, 0.15) is 42.9 Å². The zero-order valence-corrected chi connectivity index (χ0v) is 16.5. The Bertz CT molecular complexity index is 1190. The molecule has 0 aliphatic rings. The lowest BCUT2D eigenvalue weighted by Gasteiger charge is -2.06. The molecule has 0 spiro atoms. The van der Waals surface area contributed by atoms with Gasteiger partial charge in [-0.25, -0.2) is 14.4 Å². The van der Waals surface area contributed by atoms with Gasteiger partial charge < -0.3 is 18.6 Å². The Morgan fingerprint density at radius 2 is 1.75 bits per heavy atom. The van der Waals surface area contributed by atoms with Crippen molar-refractivity contribution in [2.75, 3.05) is 20.8 Å². The maximum absolute atomic E-state index is 13.2. The predicted molar refractivity (Wildman–Crippen MR) is 102 cm³/mol. The van der Waals surface area contributed by atoms with Crippen LogP contribution in [0.3, 0.4) is 0 Å². The smallest absolute Gasteiger partial charge is 0.349 e. The SMILES string of the molecule is CCOC(=O)c1c2sc(C(=O)OC)c(C(=O)OC)c(=O)c2n2ccc(C)cc12. The van der Waals surface area contributed by atoms with Crippen LogP contribution in [0.25, 0.3) is 15.7 Å². The Hall–Kier alpha value is -3.20. The molecule has 0 atom stereocenters. The Morgan fingerprint density at radius 3 is 2.36 bits per heavy atom. The minimum Gasteiger partial charge on any atom is -0.465 e. The van der Waals surface area contributed by atoms with E-state index in [-0.39, 0.29) is 27.3 Å². The second-order valence-corrected chi connectivity index (χ2v) is 6.87. The third-order valence-corrected chi connectivity index (χ3v) is 5.34. The van der Waals surface area contributed by atoms with E-state index in [1.807, 2.05) is 6.92 Å². The van der Waals surface area contributed by atoms with Gasteiger partial charge in [-0.05, 0) is 31.5 Å². The maximum atomic E-state index is 13.2. The lowest BCUT2D eigenvalue weighted by molar-refractivity contribution is 0.0529. The van der Waals surface area contributed by atoms with E-state index >= 15 is 0 Å². The van der Waals surface area contributed by atoms with E-state index in [9.17, 15) is 19.2 Å². The molecule has 0 radical (unpaired) electrons. The number of esters is 3. The molecule has 0 bridgehead atoms. The molecule has 0 saturated heterocycles. The van der Waals surface area contributed by atoms with Crippen LogP contribution in [0.5, 0.6) is 0 Å². The summed E-state index contributed by atoms with van der Waals surface area (Å²) in [6.45, 7) is 3.65. The average Bonchev–Trinajstić information content (AvgIpc) is 3.00. The number of pyridine rings is 1. The molecule has 0 fully saturated rings. The van der Waals surface area contributed by atoms with Crippen molar-refractivity contribution >= 4 is 45.0 Å². The summed E-state index contributed by atoms with van der Waals surface area (Å²) in [5.74, 6) is -2.45. The quantitative estimate of drug-likeness (QED) is 0.487. The standard InChI is InChI=1S/C19H17NO7S/c1-5-27-18(23)11-10-8-9(2)6-7-20(10)13-14(21)12(17(22)25-3)16(19(24)26-4)28-15(11)13/h6-8H,5H2,1-4H3. The van der Waals surface area contributed by atoms with Crippen molar-refractivity contribution in [3.05, 3.63) is 50.1 Å². The van der Waals surface area contributed by atoms with Gasteiger partial charge in [0.1, 0.15) is 21.5 Å². The zero-order valence-electron chi connectivity index (χ0n) is 15.7. The van der Waals surface area contributed by atoms with Gasteiger partial charge in [0.05, 0.1) is 31.0 Å². The van der Waals surface area contributed by atoms with Gasteiger partial charge in [-0.15, -0.1) is 11.3 Å². The van der Waals surface area contributed by atoms with E-state index < -0.39 is 28.9 Å². The third-order valence-electron chi connectivity index (χ3n) is 4.16. The highest BCUT2D eigenvalue weighted by Gasteiger charge is 2.30. The number of carbonyl (C=O) groups is 3. The summed E-state index contributed by atoms with van der Waals surface area (Å²) < 4.78 is 16.3. The molecule has 3 heterocycles. The van der Waals surface area contributed by atoms with Gasteiger partial charge in [0.2, 0.25) is 5.43 Å². The molecule has 0 aliphatic carbocycles. The van der Waals surface area contributed by atoms with Crippen molar-refractivity contribution in [1.82, 2.24) is 4.40 Å². The second kappa shape index (κ2) is 7.43. The molecule has 9 heteroatoms. The first-order chi connectivity index (χ1) is 13.3. The number of aromatic nitrogens is 1. The summed E-state index contributed by atoms with van der Waals surface area (Å²) in [6.07, 6.45) is 1.63. The monoisotopic (exact) mass is 403 g/mol. The summed E-state index contributed by atoms with van der Waals surface area (Å²) in [5, 5.41) is 0. The fraction of sp³-hybridized carbons (Fsp3) is 0.263. The molecule has 146 valence electrons. The van der Waals surface area contributed by atoms with Gasteiger partial charge in [0.25, 0.3) is 0 Å². The number of methoxy groups -OCH3 is 2. The van der Waals surface area contributed by atoms with E-state index in [0.29, 0.717) is 5.52 Å². The Balaban J connectivity index is 2.58. The molecule has 0 saturated carbocycles. The normalized spacial score (nSPS) is 10.9. The molecular formula is C19H17NO7S. The van der Waals surface area contributed by atoms with Crippen molar-refractivity contribution in [3.8, 4) is 0 Å². The number of hydrogen-bond acceptors (Lipinski definition) is 8. The van der Waals surface area contributed by atoms with Crippen LogP contribution in [0.4, 0.5) is 0 Å². The first-order valence-corrected chi connectivity index (χ1v) is 9.12. The summed E-state index contributed by atoms with van der Waals surface area (Å²) in [6, 6.07) is 3.49. The molecule has 3 aromatic heterocycles. The average molecular weight is 403 g/mol. The Kier molecular flexibility index (Phi) is 5.19. The van der Waals surface area contributed by atoms with Crippen LogP contribution < -0.4 is 5.43 Å². The largest absolute Gasteiger partial charge is 0.465 e. The summed E-state index contributed by atoms with van der Waals surface area (Å²) in [7, 11) is 2.25. The molecule has 0 unspecified atom stereocenters. The van der Waals surface area contributed by atoms with Gasteiger partial charge in [0.15, 0.2) is 0 Å². The van der Waals surface area contributed by atoms with Crippen LogP contribution in [-0.4, -0.2) is 43.1 Å². The number of nitrogens with zero attached hydrogens (tertiary/aromatic N) is 1. The summed E-state index contributed by atoms with van der Waals surface area (Å²) >= 11 is 0.819. The van der Waals surface area contributed by atoms with E-state index in [4.69, 9.17) is 9.47 Å². The topological polar surface area (TPSA) is 100 Å². The molecule has 3 rings (SSSR count). The highest BCUT2D eigenvalue weighted by atomic mass is 32.1. The zero-order chi connectivity index (χ0) is 20.6. The highest BCUT2D eigenvalue weighted by molar-refractivity contribution is 7.20. The predicted octanol–water partition coefficient (Wildman–Crippen LogP) is 2.57. The summed E-state index contributed by atoms with van der Waals surface area (Å²) in [4.78, 5) is 50.1. The molecule has 0 aliphatic heterocycles. The molecule has 28 heavy (non-hydrogen) atoms. The van der Waals surface area contributed by atoms with E-state index in [0.717, 1.165) is 31.1 Å². The minimum atomic E-state index is -0.955. The van der Waals surface area contributed by atoms with Crippen molar-refractivity contribution < 1.29 is 28.6 Å². The highest BCUT2D eigenvalue weighted by Crippen LogP contribution is 2.32. The first-order valence-electron chi connectivity index (χ1n) is 8.30. The van der Waals surface area contributed by atoms with Gasteiger partial charge in [-0.1, -0.05) is 0 Å². The van der Waals surface area contributed by atoms with Gasteiger partial charge in [0, 0.05) is 6.20 Å². The van der Waals surface area contributed by atoms with E-state index in [1.54, 1.807) is 25.3 Å². The van der Waals surface area contributed by atoms with Gasteiger partial charge in [-0.3, -0.25) is 4.79 Å². The van der Waals surface area contributed by atoms with Crippen molar-refractivity contribution in [1.29, 1.82) is 0 Å². The van der Waals surface area contributed by atoms with Crippen molar-refractivity contribution in [2.24, 2.45) is 0 Å². The lowest BCUT2D eigenvalue weighted by atomic mass is 10.2. The molecule has 8 nitrogen and oxygen atoms in total. The van der Waals surface area contributed by atoms with Crippen LogP contribution in [0, 0.1) is 6.92 Å². The van der Waals surface area contributed by atoms with E-state index in [2.05, 4.69) is 4.74 Å². The number of hydrogen-bond donors (Lipinski definition) is 0. The first kappa shape index (κ1) is 19.6. The Morgan fingerprint density at radius 1 is 1.07 bits per heavy atom. The van der Waals surface area contributed by atoms with E-state index in [1.165, 1.54) is 4.40 Å². The number of fused-ring (bicyclic) bond motifs is 3. The van der Waals surface area contributed by atoms with Crippen LogP contribution in [0.15, 0.2) is 23.1 Å². The lowest BCUT2D eigenvalue weighted by Crippen LogP contribution is -2.22. The number of ether oxygens (including phenoxy) is 3. The molecule has 3 aromatic rings. The molecular weight excluding hydrogens is 386 g/mol. The third kappa shape index (κ3) is 2.93. The second-order valence-electron chi connectivity index (χ2n) is 5.85. The number of aryl methyl sites for hydroxylation is 1. The fourth-order valence-electron chi connectivity index (χ4n) is 2.95. The van der Waals surface area contributed by atoms with Crippen LogP contribution in [0.2, 0.25) is 0 Å². The molecule has 0 amide bonds. The van der Waals surface area contributed by atoms with Gasteiger partial charge >= 0.3 is 17.9 Å². The number of rotatable bonds is 4. The number of carbonyl (C=O) groups excluding carboxylic acids is 3. The van der Waals surface area contributed by atoms with Crippen LogP contribution in [-0.2, 0) is 14.2 Å². The van der Waals surface area contributed by atoms with Crippen LogP contribution >= 0.6 is 11.3 Å². The molecule has 0 N–H and O–H groups in total.